The first-order valence-corrected chi connectivity index (χ1v) is 8.43. The number of nitrogens with one attached hydrogen (secondary N) is 1. The van der Waals surface area contributed by atoms with Gasteiger partial charge in [-0.15, -0.1) is 0 Å². The molecule has 2 aromatic rings. The van der Waals surface area contributed by atoms with E-state index in [9.17, 15) is 4.79 Å². The Labute approximate surface area is 147 Å². The molecule has 1 heterocycles. The summed E-state index contributed by atoms with van der Waals surface area (Å²) in [6, 6.07) is 15.3. The van der Waals surface area contributed by atoms with E-state index < -0.39 is 0 Å². The molecule has 0 saturated carbocycles. The fraction of sp³-hybridized carbons (Fsp3) is 0.263. The van der Waals surface area contributed by atoms with Crippen LogP contribution in [0.25, 0.3) is 0 Å². The van der Waals surface area contributed by atoms with E-state index in [1.54, 1.807) is 12.1 Å². The molecular weight excluding hydrogens is 320 g/mol. The molecule has 0 saturated heterocycles. The number of carbonyl (C=O) groups is 1. The van der Waals surface area contributed by atoms with E-state index in [-0.39, 0.29) is 12.0 Å². The molecular formula is C19H20N2O2S. The first-order valence-electron chi connectivity index (χ1n) is 8.02. The number of para-hydroxylation sites is 2. The molecule has 1 N–H and O–H groups in total. The minimum absolute atomic E-state index is 0.00337. The number of amides is 1. The van der Waals surface area contributed by atoms with Crippen LogP contribution in [0.3, 0.4) is 0 Å². The van der Waals surface area contributed by atoms with Crippen LogP contribution in [-0.2, 0) is 6.42 Å². The highest BCUT2D eigenvalue weighted by Crippen LogP contribution is 2.27. The fourth-order valence-corrected chi connectivity index (χ4v) is 3.07. The van der Waals surface area contributed by atoms with E-state index in [1.807, 2.05) is 49.1 Å². The quantitative estimate of drug-likeness (QED) is 0.868. The van der Waals surface area contributed by atoms with Crippen molar-refractivity contribution in [2.24, 2.45) is 0 Å². The highest BCUT2D eigenvalue weighted by molar-refractivity contribution is 7.80. The van der Waals surface area contributed by atoms with Gasteiger partial charge in [-0.1, -0.05) is 30.3 Å². The van der Waals surface area contributed by atoms with E-state index in [0.29, 0.717) is 16.4 Å². The summed E-state index contributed by atoms with van der Waals surface area (Å²) in [5.41, 5.74) is 2.80. The van der Waals surface area contributed by atoms with Gasteiger partial charge in [0.15, 0.2) is 5.11 Å². The van der Waals surface area contributed by atoms with Crippen molar-refractivity contribution in [3.8, 4) is 5.75 Å². The summed E-state index contributed by atoms with van der Waals surface area (Å²) < 4.78 is 5.71. The van der Waals surface area contributed by atoms with Crippen molar-refractivity contribution in [2.45, 2.75) is 26.4 Å². The van der Waals surface area contributed by atoms with Crippen LogP contribution in [0.15, 0.2) is 48.5 Å². The lowest BCUT2D eigenvalue weighted by Gasteiger charge is -2.21. The van der Waals surface area contributed by atoms with Gasteiger partial charge in [0, 0.05) is 12.2 Å². The standard InChI is InChI=1S/C19H20N2O2S/c1-13(2)23-17-10-6-4-8-15(17)18(22)20-19(24)21-12-11-14-7-3-5-9-16(14)21/h3-10,13H,11-12H2,1-2H3,(H,20,22,24). The normalized spacial score (nSPS) is 12.9. The van der Waals surface area contributed by atoms with Gasteiger partial charge in [0.25, 0.3) is 5.91 Å². The molecule has 1 aliphatic rings. The van der Waals surface area contributed by atoms with Crippen molar-refractivity contribution in [1.29, 1.82) is 0 Å². The van der Waals surface area contributed by atoms with Gasteiger partial charge in [0.2, 0.25) is 0 Å². The van der Waals surface area contributed by atoms with E-state index >= 15 is 0 Å². The third-order valence-corrected chi connectivity index (χ3v) is 4.17. The van der Waals surface area contributed by atoms with Crippen LogP contribution in [0.5, 0.6) is 5.75 Å². The third kappa shape index (κ3) is 3.41. The van der Waals surface area contributed by atoms with Crippen molar-refractivity contribution in [2.75, 3.05) is 11.4 Å². The van der Waals surface area contributed by atoms with Crippen LogP contribution in [0.4, 0.5) is 5.69 Å². The molecule has 0 radical (unpaired) electrons. The number of anilines is 1. The Morgan fingerprint density at radius 2 is 1.88 bits per heavy atom. The zero-order valence-electron chi connectivity index (χ0n) is 13.8. The van der Waals surface area contributed by atoms with Gasteiger partial charge in [0.05, 0.1) is 11.7 Å². The zero-order valence-corrected chi connectivity index (χ0v) is 14.6. The molecule has 0 aliphatic carbocycles. The summed E-state index contributed by atoms with van der Waals surface area (Å²) in [6.07, 6.45) is 0.926. The average molecular weight is 340 g/mol. The zero-order chi connectivity index (χ0) is 17.1. The van der Waals surface area contributed by atoms with Gasteiger partial charge in [0.1, 0.15) is 5.75 Å². The predicted octanol–water partition coefficient (Wildman–Crippen LogP) is 3.55. The second-order valence-electron chi connectivity index (χ2n) is 5.95. The second-order valence-corrected chi connectivity index (χ2v) is 6.34. The lowest BCUT2D eigenvalue weighted by molar-refractivity contribution is 0.0971. The minimum Gasteiger partial charge on any atom is -0.490 e. The summed E-state index contributed by atoms with van der Waals surface area (Å²) in [6.45, 7) is 4.64. The van der Waals surface area contributed by atoms with Gasteiger partial charge in [-0.05, 0) is 56.2 Å². The smallest absolute Gasteiger partial charge is 0.261 e. The number of rotatable bonds is 3. The van der Waals surface area contributed by atoms with E-state index in [0.717, 1.165) is 18.7 Å². The SMILES string of the molecule is CC(C)Oc1ccccc1C(=O)NC(=S)N1CCc2ccccc21. The highest BCUT2D eigenvalue weighted by atomic mass is 32.1. The number of thiocarbonyl (C=S) groups is 1. The van der Waals surface area contributed by atoms with Crippen LogP contribution in [0.1, 0.15) is 29.8 Å². The molecule has 0 aromatic heterocycles. The number of hydrogen-bond donors (Lipinski definition) is 1. The number of fused-ring (bicyclic) bond motifs is 1. The lowest BCUT2D eigenvalue weighted by Crippen LogP contribution is -2.42. The minimum atomic E-state index is -0.249. The molecule has 2 aromatic carbocycles. The van der Waals surface area contributed by atoms with Crippen LogP contribution in [0, 0.1) is 0 Å². The van der Waals surface area contributed by atoms with Crippen LogP contribution in [0.2, 0.25) is 0 Å². The van der Waals surface area contributed by atoms with Crippen molar-refractivity contribution >= 4 is 28.9 Å². The number of nitrogens with zero attached hydrogens (tertiary/aromatic N) is 1. The molecule has 4 nitrogen and oxygen atoms in total. The monoisotopic (exact) mass is 340 g/mol. The summed E-state index contributed by atoms with van der Waals surface area (Å²) in [5, 5.41) is 3.25. The van der Waals surface area contributed by atoms with Crippen molar-refractivity contribution in [3.05, 3.63) is 59.7 Å². The van der Waals surface area contributed by atoms with Crippen molar-refractivity contribution < 1.29 is 9.53 Å². The molecule has 3 rings (SSSR count). The fourth-order valence-electron chi connectivity index (χ4n) is 2.79. The largest absolute Gasteiger partial charge is 0.490 e. The summed E-state index contributed by atoms with van der Waals surface area (Å²) in [5.74, 6) is 0.315. The Bertz CT molecular complexity index is 773. The Hall–Kier alpha value is -2.40. The topological polar surface area (TPSA) is 41.6 Å². The Kier molecular flexibility index (Phi) is 4.81. The molecule has 1 amide bonds. The van der Waals surface area contributed by atoms with Crippen LogP contribution in [-0.4, -0.2) is 23.7 Å². The summed E-state index contributed by atoms with van der Waals surface area (Å²) in [7, 11) is 0. The molecule has 0 spiro atoms. The van der Waals surface area contributed by atoms with Crippen molar-refractivity contribution in [1.82, 2.24) is 5.32 Å². The summed E-state index contributed by atoms with van der Waals surface area (Å²) >= 11 is 5.45. The van der Waals surface area contributed by atoms with Gasteiger partial charge < -0.3 is 9.64 Å². The number of ether oxygens (including phenoxy) is 1. The molecule has 1 aliphatic heterocycles. The number of benzene rings is 2. The molecule has 0 unspecified atom stereocenters. The second kappa shape index (κ2) is 7.01. The molecule has 0 bridgehead atoms. The molecule has 124 valence electrons. The van der Waals surface area contributed by atoms with E-state index in [2.05, 4.69) is 11.4 Å². The third-order valence-electron chi connectivity index (χ3n) is 3.85. The Balaban J connectivity index is 1.75. The van der Waals surface area contributed by atoms with E-state index in [4.69, 9.17) is 17.0 Å². The van der Waals surface area contributed by atoms with Gasteiger partial charge in [-0.25, -0.2) is 0 Å². The molecule has 24 heavy (non-hydrogen) atoms. The van der Waals surface area contributed by atoms with E-state index in [1.165, 1.54) is 5.56 Å². The van der Waals surface area contributed by atoms with Gasteiger partial charge in [-0.3, -0.25) is 10.1 Å². The highest BCUT2D eigenvalue weighted by Gasteiger charge is 2.24. The van der Waals surface area contributed by atoms with Crippen LogP contribution < -0.4 is 15.0 Å². The first kappa shape index (κ1) is 16.5. The predicted molar refractivity (Wildman–Crippen MR) is 99.8 cm³/mol. The average Bonchev–Trinajstić information content (AvgIpc) is 2.98. The van der Waals surface area contributed by atoms with Gasteiger partial charge in [-0.2, -0.15) is 0 Å². The Morgan fingerprint density at radius 1 is 1.17 bits per heavy atom. The maximum absolute atomic E-state index is 12.6. The molecule has 5 heteroatoms. The summed E-state index contributed by atoms with van der Waals surface area (Å²) in [4.78, 5) is 14.6. The van der Waals surface area contributed by atoms with Gasteiger partial charge >= 0.3 is 0 Å². The Morgan fingerprint density at radius 3 is 2.67 bits per heavy atom. The van der Waals surface area contributed by atoms with Crippen LogP contribution >= 0.6 is 12.2 Å². The maximum atomic E-state index is 12.6. The number of carbonyl (C=O) groups excluding carboxylic acids is 1. The lowest BCUT2D eigenvalue weighted by atomic mass is 10.2. The molecule has 0 atom stereocenters. The number of hydrogen-bond acceptors (Lipinski definition) is 3. The maximum Gasteiger partial charge on any atom is 0.261 e. The molecule has 0 fully saturated rings. The van der Waals surface area contributed by atoms with Crippen molar-refractivity contribution in [3.63, 3.8) is 0 Å². The first-order chi connectivity index (χ1) is 11.6.